The van der Waals surface area contributed by atoms with Gasteiger partial charge in [-0.15, -0.1) is 0 Å². The van der Waals surface area contributed by atoms with Crippen LogP contribution >= 0.6 is 11.6 Å². The maximum atomic E-state index is 10.9. The first-order valence-electron chi connectivity index (χ1n) is 11.6. The number of rotatable bonds is 10. The van der Waals surface area contributed by atoms with Gasteiger partial charge < -0.3 is 19.5 Å². The molecule has 178 valence electrons. The van der Waals surface area contributed by atoms with E-state index in [1.54, 1.807) is 30.5 Å². The highest BCUT2D eigenvalue weighted by molar-refractivity contribution is 6.30. The van der Waals surface area contributed by atoms with E-state index in [1.807, 2.05) is 42.5 Å². The summed E-state index contributed by atoms with van der Waals surface area (Å²) in [6, 6.07) is 20.2. The molecule has 2 heterocycles. The fourth-order valence-electron chi connectivity index (χ4n) is 4.12. The minimum absolute atomic E-state index is 0.169. The smallest absolute Gasteiger partial charge is 0.335 e. The number of hydrogen-bond acceptors (Lipinski definition) is 5. The maximum Gasteiger partial charge on any atom is 0.335 e. The van der Waals surface area contributed by atoms with Gasteiger partial charge in [-0.1, -0.05) is 29.8 Å². The van der Waals surface area contributed by atoms with Crippen molar-refractivity contribution in [1.82, 2.24) is 9.88 Å². The molecular formula is C27H29ClN2O4. The van der Waals surface area contributed by atoms with Crippen LogP contribution in [-0.4, -0.2) is 53.3 Å². The first-order chi connectivity index (χ1) is 16.6. The first kappa shape index (κ1) is 24.2. The molecule has 7 heteroatoms. The van der Waals surface area contributed by atoms with E-state index in [0.717, 1.165) is 50.2 Å². The summed E-state index contributed by atoms with van der Waals surface area (Å²) in [6.45, 7) is 3.52. The van der Waals surface area contributed by atoms with Crippen LogP contribution in [-0.2, 0) is 4.74 Å². The van der Waals surface area contributed by atoms with Crippen molar-refractivity contribution in [3.8, 4) is 5.75 Å². The summed E-state index contributed by atoms with van der Waals surface area (Å²) in [7, 11) is 0. The number of pyridine rings is 1. The maximum absolute atomic E-state index is 10.9. The summed E-state index contributed by atoms with van der Waals surface area (Å²) >= 11 is 6.08. The molecule has 3 aromatic rings. The normalized spacial score (nSPS) is 15.7. The lowest BCUT2D eigenvalue weighted by Gasteiger charge is -2.34. The van der Waals surface area contributed by atoms with E-state index in [0.29, 0.717) is 17.4 Å². The number of ether oxygens (including phenoxy) is 2. The second-order valence-corrected chi connectivity index (χ2v) is 8.83. The van der Waals surface area contributed by atoms with Crippen LogP contribution in [0.25, 0.3) is 0 Å². The van der Waals surface area contributed by atoms with E-state index >= 15 is 0 Å². The number of carbonyl (C=O) groups is 1. The quantitative estimate of drug-likeness (QED) is 0.388. The largest absolute Gasteiger partial charge is 0.494 e. The molecular weight excluding hydrogens is 452 g/mol. The van der Waals surface area contributed by atoms with Gasteiger partial charge in [-0.25, -0.2) is 4.79 Å². The molecule has 1 aromatic heterocycles. The van der Waals surface area contributed by atoms with E-state index in [-0.39, 0.29) is 17.8 Å². The van der Waals surface area contributed by atoms with Crippen LogP contribution in [0.5, 0.6) is 5.75 Å². The number of likely N-dealkylation sites (tertiary alicyclic amines) is 1. The summed E-state index contributed by atoms with van der Waals surface area (Å²) in [4.78, 5) is 17.9. The van der Waals surface area contributed by atoms with E-state index in [1.165, 1.54) is 0 Å². The molecule has 0 radical (unpaired) electrons. The van der Waals surface area contributed by atoms with Crippen molar-refractivity contribution < 1.29 is 19.4 Å². The van der Waals surface area contributed by atoms with Gasteiger partial charge in [0.2, 0.25) is 0 Å². The van der Waals surface area contributed by atoms with Crippen LogP contribution in [0, 0.1) is 0 Å². The lowest BCUT2D eigenvalue weighted by molar-refractivity contribution is -0.0288. The first-order valence-corrected chi connectivity index (χ1v) is 12.0. The Balaban J connectivity index is 1.23. The number of nitrogens with zero attached hydrogens (tertiary/aromatic N) is 2. The molecule has 1 fully saturated rings. The van der Waals surface area contributed by atoms with E-state index in [9.17, 15) is 4.79 Å². The zero-order valence-corrected chi connectivity index (χ0v) is 19.7. The van der Waals surface area contributed by atoms with Crippen molar-refractivity contribution in [3.63, 3.8) is 0 Å². The Hall–Kier alpha value is -2.93. The highest BCUT2D eigenvalue weighted by atomic mass is 35.5. The molecule has 0 aliphatic carbocycles. The fraction of sp³-hybridized carbons (Fsp3) is 0.333. The van der Waals surface area contributed by atoms with Crippen molar-refractivity contribution in [1.29, 1.82) is 0 Å². The average molecular weight is 481 g/mol. The van der Waals surface area contributed by atoms with Gasteiger partial charge >= 0.3 is 5.97 Å². The number of aromatic nitrogens is 1. The Morgan fingerprint density at radius 1 is 1.06 bits per heavy atom. The third kappa shape index (κ3) is 6.79. The van der Waals surface area contributed by atoms with Crippen molar-refractivity contribution in [2.75, 3.05) is 26.2 Å². The lowest BCUT2D eigenvalue weighted by atomic mass is 10.0. The molecule has 1 atom stereocenters. The van der Waals surface area contributed by atoms with Gasteiger partial charge in [0.25, 0.3) is 0 Å². The highest BCUT2D eigenvalue weighted by Crippen LogP contribution is 2.29. The summed E-state index contributed by atoms with van der Waals surface area (Å²) in [5.74, 6) is -0.238. The molecule has 0 amide bonds. The van der Waals surface area contributed by atoms with Gasteiger partial charge in [0.1, 0.15) is 11.9 Å². The molecule has 1 aliphatic rings. The van der Waals surface area contributed by atoms with Crippen LogP contribution in [0.1, 0.15) is 47.0 Å². The van der Waals surface area contributed by atoms with E-state index in [2.05, 4.69) is 9.88 Å². The van der Waals surface area contributed by atoms with Gasteiger partial charge in [0, 0.05) is 30.9 Å². The topological polar surface area (TPSA) is 71.9 Å². The molecule has 0 spiro atoms. The van der Waals surface area contributed by atoms with Crippen LogP contribution in [0.2, 0.25) is 5.02 Å². The minimum Gasteiger partial charge on any atom is -0.494 e. The van der Waals surface area contributed by atoms with E-state index < -0.39 is 5.97 Å². The predicted molar refractivity (Wildman–Crippen MR) is 132 cm³/mol. The molecule has 1 N–H and O–H groups in total. The second kappa shape index (κ2) is 12.0. The summed E-state index contributed by atoms with van der Waals surface area (Å²) in [5, 5.41) is 9.67. The zero-order valence-electron chi connectivity index (χ0n) is 19.0. The predicted octanol–water partition coefficient (Wildman–Crippen LogP) is 5.47. The Bertz CT molecular complexity index is 1040. The van der Waals surface area contributed by atoms with Gasteiger partial charge in [-0.05, 0) is 73.4 Å². The Morgan fingerprint density at radius 3 is 2.44 bits per heavy atom. The molecule has 0 bridgehead atoms. The Morgan fingerprint density at radius 2 is 1.79 bits per heavy atom. The number of carboxylic acids is 1. The highest BCUT2D eigenvalue weighted by Gasteiger charge is 2.25. The average Bonchev–Trinajstić information content (AvgIpc) is 2.87. The summed E-state index contributed by atoms with van der Waals surface area (Å²) in [5.41, 5.74) is 2.22. The van der Waals surface area contributed by atoms with Crippen molar-refractivity contribution in [2.45, 2.75) is 31.5 Å². The standard InChI is InChI=1S/C27H29ClN2O4/c28-22-9-5-20(6-10-22)26(25-4-1-2-15-29-25)34-24-13-17-30(18-14-24)16-3-19-33-23-11-7-21(8-12-23)27(31)32/h1-2,4-12,15,24,26H,3,13-14,16-19H2,(H,31,32). The fourth-order valence-corrected chi connectivity index (χ4v) is 4.25. The number of carboxylic acid groups (broad SMARTS) is 1. The zero-order chi connectivity index (χ0) is 23.8. The van der Waals surface area contributed by atoms with Gasteiger partial charge in [-0.3, -0.25) is 4.98 Å². The Kier molecular flexibility index (Phi) is 8.52. The third-order valence-electron chi connectivity index (χ3n) is 5.98. The molecule has 34 heavy (non-hydrogen) atoms. The monoisotopic (exact) mass is 480 g/mol. The van der Waals surface area contributed by atoms with Gasteiger partial charge in [-0.2, -0.15) is 0 Å². The summed E-state index contributed by atoms with van der Waals surface area (Å²) in [6.07, 6.45) is 4.60. The number of benzene rings is 2. The Labute approximate surface area is 205 Å². The van der Waals surface area contributed by atoms with Crippen LogP contribution in [0.3, 0.4) is 0 Å². The van der Waals surface area contributed by atoms with E-state index in [4.69, 9.17) is 26.2 Å². The van der Waals surface area contributed by atoms with Crippen LogP contribution < -0.4 is 4.74 Å². The second-order valence-electron chi connectivity index (χ2n) is 8.39. The molecule has 6 nitrogen and oxygen atoms in total. The molecule has 1 unspecified atom stereocenters. The third-order valence-corrected chi connectivity index (χ3v) is 6.23. The van der Waals surface area contributed by atoms with Crippen molar-refractivity contribution in [2.24, 2.45) is 0 Å². The molecule has 1 aliphatic heterocycles. The van der Waals surface area contributed by atoms with Gasteiger partial charge in [0.05, 0.1) is 24.0 Å². The van der Waals surface area contributed by atoms with Crippen molar-refractivity contribution in [3.05, 3.63) is 94.8 Å². The van der Waals surface area contributed by atoms with Crippen molar-refractivity contribution >= 4 is 17.6 Å². The number of piperidine rings is 1. The minimum atomic E-state index is -0.932. The number of aromatic carboxylic acids is 1. The van der Waals surface area contributed by atoms with Gasteiger partial charge in [0.15, 0.2) is 0 Å². The number of hydrogen-bond donors (Lipinski definition) is 1. The molecule has 0 saturated carbocycles. The SMILES string of the molecule is O=C(O)c1ccc(OCCCN2CCC(OC(c3ccc(Cl)cc3)c3ccccn3)CC2)cc1. The van der Waals surface area contributed by atoms with Crippen LogP contribution in [0.15, 0.2) is 72.9 Å². The van der Waals surface area contributed by atoms with Crippen LogP contribution in [0.4, 0.5) is 0 Å². The number of halogens is 1. The molecule has 2 aromatic carbocycles. The lowest BCUT2D eigenvalue weighted by Crippen LogP contribution is -2.38. The molecule has 4 rings (SSSR count). The molecule has 1 saturated heterocycles. The summed E-state index contributed by atoms with van der Waals surface area (Å²) < 4.78 is 12.3.